The van der Waals surface area contributed by atoms with E-state index < -0.39 is 0 Å². The van der Waals surface area contributed by atoms with E-state index in [9.17, 15) is 0 Å². The third kappa shape index (κ3) is 3.95. The maximum absolute atomic E-state index is 5.76. The Bertz CT molecular complexity index is 554. The van der Waals surface area contributed by atoms with Crippen molar-refractivity contribution < 1.29 is 28.4 Å². The van der Waals surface area contributed by atoms with E-state index in [1.807, 2.05) is 36.4 Å². The zero-order valence-corrected chi connectivity index (χ0v) is 14.3. The Hall–Kier alpha value is -2.76. The van der Waals surface area contributed by atoms with Crippen LogP contribution in [0.4, 0.5) is 0 Å². The number of hydrogen-bond donors (Lipinski definition) is 0. The summed E-state index contributed by atoms with van der Waals surface area (Å²) in [5.41, 5.74) is 0. The Morgan fingerprint density at radius 1 is 0.542 bits per heavy atom. The molecule has 0 fully saturated rings. The summed E-state index contributed by atoms with van der Waals surface area (Å²) in [4.78, 5) is 0. The third-order valence-electron chi connectivity index (χ3n) is 3.34. The van der Waals surface area contributed by atoms with Crippen LogP contribution >= 0.6 is 0 Å². The van der Waals surface area contributed by atoms with E-state index in [4.69, 9.17) is 28.4 Å². The molecule has 0 aliphatic heterocycles. The van der Waals surface area contributed by atoms with Gasteiger partial charge in [-0.2, -0.15) is 0 Å². The van der Waals surface area contributed by atoms with Gasteiger partial charge in [-0.25, -0.2) is 0 Å². The second kappa shape index (κ2) is 8.76. The average molecular weight is 334 g/mol. The number of hydrogen-bond acceptors (Lipinski definition) is 6. The number of methoxy groups -OCH3 is 4. The fraction of sp³-hybridized carbons (Fsp3) is 0.333. The van der Waals surface area contributed by atoms with Crippen LogP contribution in [0.1, 0.15) is 0 Å². The normalized spacial score (nSPS) is 10.0. The van der Waals surface area contributed by atoms with Crippen LogP contribution in [0, 0.1) is 0 Å². The number of ether oxygens (including phenoxy) is 6. The molecule has 0 radical (unpaired) electrons. The minimum atomic E-state index is 0.304. The minimum Gasteiger partial charge on any atom is -0.493 e. The molecule has 2 aromatic carbocycles. The quantitative estimate of drug-likeness (QED) is 0.657. The third-order valence-corrected chi connectivity index (χ3v) is 3.34. The predicted octanol–water partition coefficient (Wildman–Crippen LogP) is 3.18. The van der Waals surface area contributed by atoms with E-state index in [0.29, 0.717) is 47.7 Å². The highest BCUT2D eigenvalue weighted by molar-refractivity contribution is 5.52. The standard InChI is InChI=1S/C18H22O6/c1-19-13-7-5-8-14(20-2)17(13)23-11-12-24-18-15(21-3)9-6-10-16(18)22-4/h5-10H,11-12H2,1-4H3. The van der Waals surface area contributed by atoms with Gasteiger partial charge in [0.2, 0.25) is 11.5 Å². The summed E-state index contributed by atoms with van der Waals surface area (Å²) in [6, 6.07) is 10.9. The van der Waals surface area contributed by atoms with Gasteiger partial charge in [-0.1, -0.05) is 12.1 Å². The van der Waals surface area contributed by atoms with Gasteiger partial charge in [0.05, 0.1) is 28.4 Å². The molecule has 0 aliphatic carbocycles. The lowest BCUT2D eigenvalue weighted by atomic mass is 10.3. The van der Waals surface area contributed by atoms with Crippen molar-refractivity contribution in [3.05, 3.63) is 36.4 Å². The molecule has 0 unspecified atom stereocenters. The molecule has 0 aromatic heterocycles. The molecule has 0 spiro atoms. The van der Waals surface area contributed by atoms with Crippen molar-refractivity contribution >= 4 is 0 Å². The van der Waals surface area contributed by atoms with Crippen molar-refractivity contribution in [1.82, 2.24) is 0 Å². The van der Waals surface area contributed by atoms with Gasteiger partial charge >= 0.3 is 0 Å². The first-order valence-electron chi connectivity index (χ1n) is 7.42. The summed E-state index contributed by atoms with van der Waals surface area (Å²) in [5, 5.41) is 0. The number of rotatable bonds is 9. The smallest absolute Gasteiger partial charge is 0.203 e. The molecule has 0 amide bonds. The van der Waals surface area contributed by atoms with Crippen molar-refractivity contribution in [3.63, 3.8) is 0 Å². The first kappa shape index (κ1) is 17.6. The Morgan fingerprint density at radius 3 is 1.08 bits per heavy atom. The maximum atomic E-state index is 5.76. The average Bonchev–Trinajstić information content (AvgIpc) is 2.64. The summed E-state index contributed by atoms with van der Waals surface area (Å²) >= 11 is 0. The monoisotopic (exact) mass is 334 g/mol. The van der Waals surface area contributed by atoms with Gasteiger partial charge in [0.25, 0.3) is 0 Å². The lowest BCUT2D eigenvalue weighted by molar-refractivity contribution is 0.195. The first-order valence-corrected chi connectivity index (χ1v) is 7.42. The van der Waals surface area contributed by atoms with Gasteiger partial charge in [-0.3, -0.25) is 0 Å². The van der Waals surface area contributed by atoms with Crippen LogP contribution in [0.5, 0.6) is 34.5 Å². The van der Waals surface area contributed by atoms with Gasteiger partial charge in [0, 0.05) is 0 Å². The van der Waals surface area contributed by atoms with Crippen molar-refractivity contribution in [2.75, 3.05) is 41.7 Å². The molecule has 6 heteroatoms. The van der Waals surface area contributed by atoms with Gasteiger partial charge < -0.3 is 28.4 Å². The van der Waals surface area contributed by atoms with Crippen LogP contribution in [-0.2, 0) is 0 Å². The predicted molar refractivity (Wildman–Crippen MR) is 90.1 cm³/mol. The van der Waals surface area contributed by atoms with E-state index in [-0.39, 0.29) is 0 Å². The number of benzene rings is 2. The van der Waals surface area contributed by atoms with Crippen LogP contribution in [0.3, 0.4) is 0 Å². The molecule has 0 N–H and O–H groups in total. The van der Waals surface area contributed by atoms with Crippen LogP contribution in [0.25, 0.3) is 0 Å². The molecular formula is C18H22O6. The molecule has 2 rings (SSSR count). The van der Waals surface area contributed by atoms with E-state index in [1.54, 1.807) is 28.4 Å². The van der Waals surface area contributed by atoms with Crippen LogP contribution in [-0.4, -0.2) is 41.7 Å². The summed E-state index contributed by atoms with van der Waals surface area (Å²) in [5.74, 6) is 3.48. The van der Waals surface area contributed by atoms with Gasteiger partial charge in [0.15, 0.2) is 23.0 Å². The fourth-order valence-corrected chi connectivity index (χ4v) is 2.21. The molecule has 24 heavy (non-hydrogen) atoms. The lowest BCUT2D eigenvalue weighted by Crippen LogP contribution is -2.11. The highest BCUT2D eigenvalue weighted by atomic mass is 16.6. The summed E-state index contributed by atoms with van der Waals surface area (Å²) in [6.45, 7) is 0.607. The van der Waals surface area contributed by atoms with E-state index in [1.165, 1.54) is 0 Å². The van der Waals surface area contributed by atoms with Crippen molar-refractivity contribution in [2.45, 2.75) is 0 Å². The lowest BCUT2D eigenvalue weighted by Gasteiger charge is -2.16. The van der Waals surface area contributed by atoms with Crippen molar-refractivity contribution in [1.29, 1.82) is 0 Å². The zero-order chi connectivity index (χ0) is 17.4. The fourth-order valence-electron chi connectivity index (χ4n) is 2.21. The van der Waals surface area contributed by atoms with Gasteiger partial charge in [0.1, 0.15) is 13.2 Å². The molecule has 130 valence electrons. The molecule has 2 aromatic rings. The van der Waals surface area contributed by atoms with Crippen LogP contribution in [0.15, 0.2) is 36.4 Å². The van der Waals surface area contributed by atoms with Crippen LogP contribution in [0.2, 0.25) is 0 Å². The molecular weight excluding hydrogens is 312 g/mol. The number of para-hydroxylation sites is 2. The molecule has 0 heterocycles. The van der Waals surface area contributed by atoms with Crippen LogP contribution < -0.4 is 28.4 Å². The second-order valence-electron chi connectivity index (χ2n) is 4.68. The SMILES string of the molecule is COc1cccc(OC)c1OCCOc1c(OC)cccc1OC. The molecule has 0 saturated carbocycles. The highest BCUT2D eigenvalue weighted by Crippen LogP contribution is 2.38. The van der Waals surface area contributed by atoms with Gasteiger partial charge in [-0.05, 0) is 24.3 Å². The molecule has 0 bridgehead atoms. The summed E-state index contributed by atoms with van der Waals surface area (Å²) in [7, 11) is 6.32. The van der Waals surface area contributed by atoms with Gasteiger partial charge in [-0.15, -0.1) is 0 Å². The highest BCUT2D eigenvalue weighted by Gasteiger charge is 2.13. The Labute approximate surface area is 141 Å². The molecule has 0 saturated heterocycles. The van der Waals surface area contributed by atoms with E-state index in [0.717, 1.165) is 0 Å². The first-order chi connectivity index (χ1) is 11.7. The van der Waals surface area contributed by atoms with E-state index in [2.05, 4.69) is 0 Å². The Morgan fingerprint density at radius 2 is 0.833 bits per heavy atom. The van der Waals surface area contributed by atoms with Crippen molar-refractivity contribution in [3.8, 4) is 34.5 Å². The maximum Gasteiger partial charge on any atom is 0.203 e. The zero-order valence-electron chi connectivity index (χ0n) is 14.3. The largest absolute Gasteiger partial charge is 0.493 e. The second-order valence-corrected chi connectivity index (χ2v) is 4.68. The summed E-state index contributed by atoms with van der Waals surface area (Å²) in [6.07, 6.45) is 0. The van der Waals surface area contributed by atoms with E-state index >= 15 is 0 Å². The van der Waals surface area contributed by atoms with Crippen molar-refractivity contribution in [2.24, 2.45) is 0 Å². The molecule has 0 atom stereocenters. The Balaban J connectivity index is 2.02. The topological polar surface area (TPSA) is 55.4 Å². The minimum absolute atomic E-state index is 0.304. The molecule has 0 aliphatic rings. The Kier molecular flexibility index (Phi) is 6.42. The molecule has 6 nitrogen and oxygen atoms in total. The summed E-state index contributed by atoms with van der Waals surface area (Å²) < 4.78 is 32.7.